The number of nitrogens with one attached hydrogen (secondary N) is 1. The van der Waals surface area contributed by atoms with Gasteiger partial charge in [-0.25, -0.2) is 0 Å². The van der Waals surface area contributed by atoms with Gasteiger partial charge in [-0.1, -0.05) is 11.6 Å². The van der Waals surface area contributed by atoms with Crippen LogP contribution in [0.2, 0.25) is 5.15 Å². The van der Waals surface area contributed by atoms with Crippen molar-refractivity contribution in [3.63, 3.8) is 0 Å². The third-order valence-electron chi connectivity index (χ3n) is 4.40. The van der Waals surface area contributed by atoms with E-state index >= 15 is 0 Å². The van der Waals surface area contributed by atoms with Crippen LogP contribution in [0.1, 0.15) is 19.3 Å². The van der Waals surface area contributed by atoms with Crippen molar-refractivity contribution in [3.05, 3.63) is 17.3 Å². The zero-order valence-electron chi connectivity index (χ0n) is 12.5. The second-order valence-electron chi connectivity index (χ2n) is 5.95. The fourth-order valence-corrected chi connectivity index (χ4v) is 3.08. The van der Waals surface area contributed by atoms with Crippen LogP contribution >= 0.6 is 11.6 Å². The van der Waals surface area contributed by atoms with Crippen LogP contribution in [0, 0.1) is 11.8 Å². The lowest BCUT2D eigenvalue weighted by atomic mass is 9.95. The first-order valence-corrected chi connectivity index (χ1v) is 8.20. The van der Waals surface area contributed by atoms with Gasteiger partial charge in [-0.2, -0.15) is 0 Å². The summed E-state index contributed by atoms with van der Waals surface area (Å²) in [5, 5.41) is 11.4. The van der Waals surface area contributed by atoms with Gasteiger partial charge in [0.25, 0.3) is 0 Å². The number of hydrogen-bond donors (Lipinski definition) is 1. The first-order chi connectivity index (χ1) is 10.7. The number of carbonyl (C=O) groups is 1. The van der Waals surface area contributed by atoms with Crippen molar-refractivity contribution in [2.45, 2.75) is 19.3 Å². The smallest absolute Gasteiger partial charge is 0.223 e. The van der Waals surface area contributed by atoms with Gasteiger partial charge in [0.15, 0.2) is 11.0 Å². The molecule has 0 saturated carbocycles. The number of ether oxygens (including phenoxy) is 1. The number of hydrogen-bond acceptors (Lipinski definition) is 5. The molecule has 0 aromatic carbocycles. The Bertz CT molecular complexity index is 497. The van der Waals surface area contributed by atoms with Crippen molar-refractivity contribution in [3.8, 4) is 0 Å². The minimum Gasteiger partial charge on any atom is -0.381 e. The Labute approximate surface area is 135 Å². The van der Waals surface area contributed by atoms with Gasteiger partial charge in [-0.05, 0) is 31.4 Å². The predicted molar refractivity (Wildman–Crippen MR) is 83.9 cm³/mol. The van der Waals surface area contributed by atoms with E-state index in [2.05, 4.69) is 20.4 Å². The Hall–Kier alpha value is -1.40. The van der Waals surface area contributed by atoms with Crippen LogP contribution in [0.15, 0.2) is 12.1 Å². The molecule has 6 nitrogen and oxygen atoms in total. The van der Waals surface area contributed by atoms with Gasteiger partial charge in [-0.3, -0.25) is 4.79 Å². The van der Waals surface area contributed by atoms with Crippen molar-refractivity contribution in [2.24, 2.45) is 11.8 Å². The lowest BCUT2D eigenvalue weighted by Crippen LogP contribution is -2.42. The number of carbonyl (C=O) groups excluding carboxylic acids is 1. The largest absolute Gasteiger partial charge is 0.381 e. The van der Waals surface area contributed by atoms with E-state index in [-0.39, 0.29) is 11.8 Å². The van der Waals surface area contributed by atoms with Crippen LogP contribution in [0.25, 0.3) is 0 Å². The summed E-state index contributed by atoms with van der Waals surface area (Å²) >= 11 is 5.75. The average Bonchev–Trinajstić information content (AvgIpc) is 3.07. The van der Waals surface area contributed by atoms with Gasteiger partial charge in [0, 0.05) is 38.1 Å². The number of rotatable bonds is 4. The highest BCUT2D eigenvalue weighted by molar-refractivity contribution is 6.29. The molecule has 1 atom stereocenters. The highest BCUT2D eigenvalue weighted by Crippen LogP contribution is 2.22. The van der Waals surface area contributed by atoms with Crippen molar-refractivity contribution in [2.75, 3.05) is 37.7 Å². The molecule has 2 fully saturated rings. The first-order valence-electron chi connectivity index (χ1n) is 7.82. The van der Waals surface area contributed by atoms with Crippen LogP contribution < -0.4 is 10.2 Å². The molecular formula is C15H21ClN4O2. The third-order valence-corrected chi connectivity index (χ3v) is 4.60. The molecule has 1 N–H and O–H groups in total. The highest BCUT2D eigenvalue weighted by atomic mass is 35.5. The van der Waals surface area contributed by atoms with E-state index in [1.54, 1.807) is 6.07 Å². The maximum absolute atomic E-state index is 12.2. The highest BCUT2D eigenvalue weighted by Gasteiger charge is 2.26. The normalized spacial score (nSPS) is 22.8. The van der Waals surface area contributed by atoms with E-state index in [1.165, 1.54) is 0 Å². The van der Waals surface area contributed by atoms with Gasteiger partial charge in [-0.15, -0.1) is 10.2 Å². The lowest BCUT2D eigenvalue weighted by Gasteiger charge is -2.31. The second-order valence-corrected chi connectivity index (χ2v) is 6.34. The fraction of sp³-hybridized carbons (Fsp3) is 0.667. The molecular weight excluding hydrogens is 304 g/mol. The van der Waals surface area contributed by atoms with Crippen LogP contribution in [-0.2, 0) is 9.53 Å². The molecule has 1 aromatic rings. The summed E-state index contributed by atoms with van der Waals surface area (Å²) in [6.07, 6.45) is 2.74. The average molecular weight is 325 g/mol. The van der Waals surface area contributed by atoms with E-state index < -0.39 is 0 Å². The molecule has 0 spiro atoms. The summed E-state index contributed by atoms with van der Waals surface area (Å²) in [7, 11) is 0. The molecule has 22 heavy (non-hydrogen) atoms. The Balaban J connectivity index is 1.44. The van der Waals surface area contributed by atoms with Crippen molar-refractivity contribution in [1.82, 2.24) is 15.5 Å². The van der Waals surface area contributed by atoms with E-state index in [9.17, 15) is 4.79 Å². The Morgan fingerprint density at radius 3 is 2.77 bits per heavy atom. The van der Waals surface area contributed by atoms with Gasteiger partial charge in [0.05, 0.1) is 6.61 Å². The minimum atomic E-state index is 0.0961. The quantitative estimate of drug-likeness (QED) is 0.909. The number of amides is 1. The van der Waals surface area contributed by atoms with Crippen molar-refractivity contribution < 1.29 is 9.53 Å². The third kappa shape index (κ3) is 3.87. The molecule has 1 aromatic heterocycles. The number of anilines is 1. The number of nitrogens with zero attached hydrogens (tertiary/aromatic N) is 3. The SMILES string of the molecule is O=C(NCC1CCOC1)C1CCN(c2ccc(Cl)nn2)CC1. The monoisotopic (exact) mass is 324 g/mol. The Kier molecular flexibility index (Phi) is 5.10. The molecule has 2 aliphatic heterocycles. The predicted octanol–water partition coefficient (Wildman–Crippen LogP) is 1.50. The van der Waals surface area contributed by atoms with Crippen molar-refractivity contribution >= 4 is 23.3 Å². The molecule has 0 radical (unpaired) electrons. The Morgan fingerprint density at radius 2 is 2.14 bits per heavy atom. The molecule has 1 amide bonds. The summed E-state index contributed by atoms with van der Waals surface area (Å²) in [6, 6.07) is 3.61. The van der Waals surface area contributed by atoms with E-state index in [0.29, 0.717) is 11.1 Å². The number of piperidine rings is 1. The summed E-state index contributed by atoms with van der Waals surface area (Å²) in [5.41, 5.74) is 0. The van der Waals surface area contributed by atoms with Crippen LogP contribution in [0.5, 0.6) is 0 Å². The zero-order chi connectivity index (χ0) is 15.4. The van der Waals surface area contributed by atoms with Crippen molar-refractivity contribution in [1.29, 1.82) is 0 Å². The van der Waals surface area contributed by atoms with Crippen LogP contribution in [0.4, 0.5) is 5.82 Å². The number of halogens is 1. The molecule has 0 aliphatic carbocycles. The molecule has 3 rings (SSSR count). The molecule has 1 unspecified atom stereocenters. The summed E-state index contributed by atoms with van der Waals surface area (Å²) in [6.45, 7) is 3.97. The molecule has 0 bridgehead atoms. The summed E-state index contributed by atoms with van der Waals surface area (Å²) in [5.74, 6) is 1.58. The molecule has 3 heterocycles. The maximum Gasteiger partial charge on any atom is 0.223 e. The van der Waals surface area contributed by atoms with Crippen LogP contribution in [-0.4, -0.2) is 49.0 Å². The molecule has 2 aliphatic rings. The molecule has 120 valence electrons. The summed E-state index contributed by atoms with van der Waals surface area (Å²) in [4.78, 5) is 14.4. The number of aromatic nitrogens is 2. The standard InChI is InChI=1S/C15H21ClN4O2/c16-13-1-2-14(19-18-13)20-6-3-12(4-7-20)15(21)17-9-11-5-8-22-10-11/h1-2,11-12H,3-10H2,(H,17,21). The Morgan fingerprint density at radius 1 is 1.32 bits per heavy atom. The maximum atomic E-state index is 12.2. The topological polar surface area (TPSA) is 67.3 Å². The van der Waals surface area contributed by atoms with E-state index in [4.69, 9.17) is 16.3 Å². The minimum absolute atomic E-state index is 0.0961. The van der Waals surface area contributed by atoms with Gasteiger partial charge in [0.1, 0.15) is 0 Å². The van der Waals surface area contributed by atoms with Gasteiger partial charge >= 0.3 is 0 Å². The van der Waals surface area contributed by atoms with Crippen LogP contribution in [0.3, 0.4) is 0 Å². The lowest BCUT2D eigenvalue weighted by molar-refractivity contribution is -0.125. The van der Waals surface area contributed by atoms with Gasteiger partial charge < -0.3 is 15.0 Å². The molecule has 2 saturated heterocycles. The fourth-order valence-electron chi connectivity index (χ4n) is 2.98. The van der Waals surface area contributed by atoms with E-state index in [1.807, 2.05) is 6.07 Å². The van der Waals surface area contributed by atoms with Gasteiger partial charge in [0.2, 0.25) is 5.91 Å². The zero-order valence-corrected chi connectivity index (χ0v) is 13.3. The first kappa shape index (κ1) is 15.5. The van der Waals surface area contributed by atoms with E-state index in [0.717, 1.165) is 57.9 Å². The second kappa shape index (κ2) is 7.24. The molecule has 7 heteroatoms. The summed E-state index contributed by atoms with van der Waals surface area (Å²) < 4.78 is 5.33.